The topological polar surface area (TPSA) is 29.0 Å². The van der Waals surface area contributed by atoms with E-state index in [1.165, 1.54) is 0 Å². The van der Waals surface area contributed by atoms with Gasteiger partial charge in [0.15, 0.2) is 0 Å². The molecule has 0 atom stereocenters. The van der Waals surface area contributed by atoms with Crippen LogP contribution in [0.5, 0.6) is 0 Å². The van der Waals surface area contributed by atoms with Gasteiger partial charge in [0.1, 0.15) is 5.15 Å². The van der Waals surface area contributed by atoms with Crippen molar-refractivity contribution in [3.8, 4) is 0 Å². The average Bonchev–Trinajstić information content (AvgIpc) is 2.05. The Balaban J connectivity index is 2.51. The van der Waals surface area contributed by atoms with Gasteiger partial charge in [0.05, 0.1) is 18.1 Å². The Morgan fingerprint density at radius 3 is 2.40 bits per heavy atom. The first-order valence-electron chi connectivity index (χ1n) is 5.02. The Kier molecular flexibility index (Phi) is 4.05. The summed E-state index contributed by atoms with van der Waals surface area (Å²) >= 11 is 5.67. The molecule has 0 fully saturated rings. The largest absolute Gasteiger partial charge is 0.300 e. The van der Waals surface area contributed by atoms with E-state index in [4.69, 9.17) is 11.6 Å². The van der Waals surface area contributed by atoms with Crippen LogP contribution in [0.4, 0.5) is 0 Å². The molecule has 15 heavy (non-hydrogen) atoms. The Hall–Kier alpha value is -0.670. The molecule has 0 unspecified atom stereocenters. The first-order valence-corrected chi connectivity index (χ1v) is 5.39. The lowest BCUT2D eigenvalue weighted by Gasteiger charge is -2.26. The number of hydrogen-bond acceptors (Lipinski definition) is 3. The third kappa shape index (κ3) is 5.09. The van der Waals surface area contributed by atoms with Gasteiger partial charge in [-0.2, -0.15) is 0 Å². The quantitative estimate of drug-likeness (QED) is 0.795. The summed E-state index contributed by atoms with van der Waals surface area (Å²) in [7, 11) is 2.08. The third-order valence-electron chi connectivity index (χ3n) is 1.85. The molecule has 84 valence electrons. The van der Waals surface area contributed by atoms with Crippen LogP contribution in [0.3, 0.4) is 0 Å². The molecule has 1 rings (SSSR count). The first kappa shape index (κ1) is 12.4. The van der Waals surface area contributed by atoms with Crippen LogP contribution in [0.25, 0.3) is 0 Å². The van der Waals surface area contributed by atoms with Crippen molar-refractivity contribution >= 4 is 11.6 Å². The second-order valence-corrected chi connectivity index (χ2v) is 5.45. The molecule has 0 aliphatic carbocycles. The monoisotopic (exact) mass is 227 g/mol. The zero-order chi connectivity index (χ0) is 11.5. The summed E-state index contributed by atoms with van der Waals surface area (Å²) in [6.45, 7) is 8.49. The molecule has 0 saturated carbocycles. The van der Waals surface area contributed by atoms with Crippen LogP contribution in [-0.2, 0) is 6.54 Å². The van der Waals surface area contributed by atoms with Gasteiger partial charge in [-0.15, -0.1) is 0 Å². The van der Waals surface area contributed by atoms with Gasteiger partial charge in [-0.3, -0.25) is 9.88 Å². The Labute approximate surface area is 96.5 Å². The van der Waals surface area contributed by atoms with E-state index in [1.54, 1.807) is 12.4 Å². The molecule has 0 amide bonds. The van der Waals surface area contributed by atoms with Crippen molar-refractivity contribution in [2.45, 2.75) is 27.3 Å². The normalized spacial score (nSPS) is 12.1. The van der Waals surface area contributed by atoms with Crippen molar-refractivity contribution in [2.75, 3.05) is 13.6 Å². The Bertz CT molecular complexity index is 303. The number of aromatic nitrogens is 2. The highest BCUT2D eigenvalue weighted by Gasteiger charge is 2.13. The molecule has 0 spiro atoms. The predicted molar refractivity (Wildman–Crippen MR) is 62.8 cm³/mol. The zero-order valence-electron chi connectivity index (χ0n) is 9.79. The molecule has 0 radical (unpaired) electrons. The lowest BCUT2D eigenvalue weighted by atomic mass is 9.96. The van der Waals surface area contributed by atoms with E-state index in [9.17, 15) is 0 Å². The maximum atomic E-state index is 5.67. The maximum absolute atomic E-state index is 5.67. The van der Waals surface area contributed by atoms with E-state index in [0.717, 1.165) is 18.8 Å². The molecular formula is C11H18ClN3. The van der Waals surface area contributed by atoms with Crippen molar-refractivity contribution in [1.29, 1.82) is 0 Å². The van der Waals surface area contributed by atoms with Gasteiger partial charge >= 0.3 is 0 Å². The van der Waals surface area contributed by atoms with Gasteiger partial charge in [-0.1, -0.05) is 32.4 Å². The molecule has 0 bridgehead atoms. The lowest BCUT2D eigenvalue weighted by molar-refractivity contribution is 0.218. The van der Waals surface area contributed by atoms with Gasteiger partial charge in [-0.25, -0.2) is 4.98 Å². The molecule has 0 aliphatic rings. The van der Waals surface area contributed by atoms with Crippen LogP contribution in [0.1, 0.15) is 26.5 Å². The van der Waals surface area contributed by atoms with Crippen LogP contribution in [0, 0.1) is 5.41 Å². The van der Waals surface area contributed by atoms with Crippen LogP contribution in [-0.4, -0.2) is 28.5 Å². The van der Waals surface area contributed by atoms with Crippen molar-refractivity contribution in [3.63, 3.8) is 0 Å². The number of nitrogens with zero attached hydrogens (tertiary/aromatic N) is 3. The van der Waals surface area contributed by atoms with E-state index in [2.05, 4.69) is 42.7 Å². The maximum Gasteiger partial charge on any atom is 0.147 e. The van der Waals surface area contributed by atoms with Crippen molar-refractivity contribution in [1.82, 2.24) is 14.9 Å². The fraction of sp³-hybridized carbons (Fsp3) is 0.636. The van der Waals surface area contributed by atoms with Gasteiger partial charge < -0.3 is 0 Å². The standard InChI is InChI=1S/C11H18ClN3/c1-11(2,3)8-15(4)7-9-5-14-10(12)6-13-9/h5-6H,7-8H2,1-4H3. The molecule has 1 aromatic heterocycles. The van der Waals surface area contributed by atoms with Gasteiger partial charge in [0.2, 0.25) is 0 Å². The highest BCUT2D eigenvalue weighted by atomic mass is 35.5. The number of halogens is 1. The zero-order valence-corrected chi connectivity index (χ0v) is 10.5. The smallest absolute Gasteiger partial charge is 0.147 e. The molecule has 0 N–H and O–H groups in total. The molecule has 0 saturated heterocycles. The van der Waals surface area contributed by atoms with Gasteiger partial charge in [-0.05, 0) is 12.5 Å². The predicted octanol–water partition coefficient (Wildman–Crippen LogP) is 2.61. The van der Waals surface area contributed by atoms with Crippen molar-refractivity contribution in [3.05, 3.63) is 23.2 Å². The Morgan fingerprint density at radius 1 is 1.27 bits per heavy atom. The van der Waals surface area contributed by atoms with E-state index in [1.807, 2.05) is 0 Å². The van der Waals surface area contributed by atoms with Gasteiger partial charge in [0.25, 0.3) is 0 Å². The van der Waals surface area contributed by atoms with E-state index < -0.39 is 0 Å². The van der Waals surface area contributed by atoms with Crippen LogP contribution in [0.15, 0.2) is 12.4 Å². The van der Waals surface area contributed by atoms with Crippen molar-refractivity contribution < 1.29 is 0 Å². The van der Waals surface area contributed by atoms with Crippen LogP contribution < -0.4 is 0 Å². The molecule has 1 heterocycles. The average molecular weight is 228 g/mol. The summed E-state index contributed by atoms with van der Waals surface area (Å²) < 4.78 is 0. The SMILES string of the molecule is CN(Cc1cnc(Cl)cn1)CC(C)(C)C. The second-order valence-electron chi connectivity index (χ2n) is 5.06. The number of hydrogen-bond donors (Lipinski definition) is 0. The number of rotatable bonds is 3. The van der Waals surface area contributed by atoms with Crippen LogP contribution >= 0.6 is 11.6 Å². The van der Waals surface area contributed by atoms with Crippen molar-refractivity contribution in [2.24, 2.45) is 5.41 Å². The lowest BCUT2D eigenvalue weighted by Crippen LogP contribution is -2.29. The summed E-state index contributed by atoms with van der Waals surface area (Å²) in [4.78, 5) is 10.5. The summed E-state index contributed by atoms with van der Waals surface area (Å²) in [5, 5.41) is 0.442. The van der Waals surface area contributed by atoms with Crippen LogP contribution in [0.2, 0.25) is 5.15 Å². The molecule has 1 aromatic rings. The minimum Gasteiger partial charge on any atom is -0.300 e. The molecule has 3 nitrogen and oxygen atoms in total. The van der Waals surface area contributed by atoms with E-state index in [0.29, 0.717) is 10.6 Å². The molecule has 4 heteroatoms. The van der Waals surface area contributed by atoms with E-state index in [-0.39, 0.29) is 0 Å². The minimum atomic E-state index is 0.300. The van der Waals surface area contributed by atoms with E-state index >= 15 is 0 Å². The molecular weight excluding hydrogens is 210 g/mol. The van der Waals surface area contributed by atoms with Gasteiger partial charge in [0, 0.05) is 13.1 Å². The third-order valence-corrected chi connectivity index (χ3v) is 2.05. The Morgan fingerprint density at radius 2 is 1.93 bits per heavy atom. The fourth-order valence-corrected chi connectivity index (χ4v) is 1.66. The summed E-state index contributed by atoms with van der Waals surface area (Å²) in [6.07, 6.45) is 3.31. The molecule has 0 aromatic carbocycles. The second kappa shape index (κ2) is 4.90. The molecule has 0 aliphatic heterocycles. The minimum absolute atomic E-state index is 0.300. The summed E-state index contributed by atoms with van der Waals surface area (Å²) in [5.74, 6) is 0. The highest BCUT2D eigenvalue weighted by molar-refractivity contribution is 6.29. The summed E-state index contributed by atoms with van der Waals surface area (Å²) in [6, 6.07) is 0. The highest BCUT2D eigenvalue weighted by Crippen LogP contribution is 2.15. The summed E-state index contributed by atoms with van der Waals surface area (Å²) in [5.41, 5.74) is 1.25. The first-order chi connectivity index (χ1) is 6.87. The fourth-order valence-electron chi connectivity index (χ4n) is 1.56.